The molecule has 1 unspecified atom stereocenters. The van der Waals surface area contributed by atoms with Crippen LogP contribution in [-0.4, -0.2) is 29.5 Å². The fraction of sp³-hybridized carbons (Fsp3) is 0.667. The fourth-order valence-corrected chi connectivity index (χ4v) is 2.76. The number of nitrogens with zero attached hydrogens (tertiary/aromatic N) is 3. The number of hydrogen-bond donors (Lipinski definition) is 1. The van der Waals surface area contributed by atoms with Crippen molar-refractivity contribution >= 4 is 17.3 Å². The van der Waals surface area contributed by atoms with Gasteiger partial charge < -0.3 is 10.2 Å². The van der Waals surface area contributed by atoms with E-state index in [1.54, 1.807) is 12.1 Å². The predicted molar refractivity (Wildman–Crippen MR) is 84.8 cm³/mol. The Hall–Kier alpha value is -1.85. The number of nitro groups is 1. The maximum absolute atomic E-state index is 11.2. The van der Waals surface area contributed by atoms with E-state index in [2.05, 4.69) is 36.0 Å². The molecule has 1 aromatic rings. The number of hydrogen-bond acceptors (Lipinski definition) is 5. The van der Waals surface area contributed by atoms with Crippen LogP contribution in [0.25, 0.3) is 0 Å². The van der Waals surface area contributed by atoms with Crippen molar-refractivity contribution in [1.29, 1.82) is 0 Å². The Morgan fingerprint density at radius 2 is 2.19 bits per heavy atom. The molecule has 0 spiro atoms. The van der Waals surface area contributed by atoms with Gasteiger partial charge in [0.25, 0.3) is 0 Å². The Labute approximate surface area is 125 Å². The van der Waals surface area contributed by atoms with Crippen LogP contribution in [0.3, 0.4) is 0 Å². The number of anilines is 2. The van der Waals surface area contributed by atoms with E-state index in [1.165, 1.54) is 0 Å². The highest BCUT2D eigenvalue weighted by Gasteiger charge is 2.34. The van der Waals surface area contributed by atoms with Crippen molar-refractivity contribution in [2.75, 3.05) is 29.9 Å². The summed E-state index contributed by atoms with van der Waals surface area (Å²) < 4.78 is 0. The van der Waals surface area contributed by atoms with Gasteiger partial charge in [-0.3, -0.25) is 10.1 Å². The van der Waals surface area contributed by atoms with Crippen LogP contribution < -0.4 is 10.2 Å². The number of nitrogens with one attached hydrogen (secondary N) is 1. The molecular weight excluding hydrogens is 268 g/mol. The van der Waals surface area contributed by atoms with Crippen LogP contribution in [-0.2, 0) is 0 Å². The Balaban J connectivity index is 2.29. The normalized spacial score (nSPS) is 18.9. The van der Waals surface area contributed by atoms with Crippen molar-refractivity contribution in [3.63, 3.8) is 0 Å². The van der Waals surface area contributed by atoms with Crippen LogP contribution in [0, 0.1) is 21.4 Å². The summed E-state index contributed by atoms with van der Waals surface area (Å²) in [6.45, 7) is 11.0. The Morgan fingerprint density at radius 1 is 1.48 bits per heavy atom. The van der Waals surface area contributed by atoms with Gasteiger partial charge in [0.1, 0.15) is 5.82 Å². The molecule has 0 bridgehead atoms. The van der Waals surface area contributed by atoms with Gasteiger partial charge >= 0.3 is 5.69 Å². The molecule has 0 radical (unpaired) electrons. The third kappa shape index (κ3) is 3.43. The minimum atomic E-state index is -0.345. The van der Waals surface area contributed by atoms with Gasteiger partial charge in [-0.25, -0.2) is 4.98 Å². The molecule has 1 aliphatic heterocycles. The van der Waals surface area contributed by atoms with Crippen molar-refractivity contribution in [3.05, 3.63) is 22.2 Å². The molecule has 0 aromatic carbocycles. The molecule has 2 heterocycles. The van der Waals surface area contributed by atoms with Crippen molar-refractivity contribution < 1.29 is 4.92 Å². The molecule has 1 saturated heterocycles. The molecule has 0 saturated carbocycles. The fourth-order valence-electron chi connectivity index (χ4n) is 2.76. The summed E-state index contributed by atoms with van der Waals surface area (Å²) in [5.74, 6) is 1.71. The number of rotatable bonds is 4. The summed E-state index contributed by atoms with van der Waals surface area (Å²) in [5, 5.41) is 14.4. The largest absolute Gasteiger partial charge is 0.370 e. The quantitative estimate of drug-likeness (QED) is 0.681. The highest BCUT2D eigenvalue weighted by atomic mass is 16.6. The van der Waals surface area contributed by atoms with Crippen LogP contribution in [0.2, 0.25) is 0 Å². The van der Waals surface area contributed by atoms with Gasteiger partial charge in [-0.1, -0.05) is 20.8 Å². The maximum Gasteiger partial charge on any atom is 0.311 e. The van der Waals surface area contributed by atoms with E-state index >= 15 is 0 Å². The minimum Gasteiger partial charge on any atom is -0.370 e. The van der Waals surface area contributed by atoms with Gasteiger partial charge in [0.2, 0.25) is 5.82 Å². The zero-order chi connectivity index (χ0) is 15.6. The highest BCUT2D eigenvalue weighted by molar-refractivity contribution is 5.62. The van der Waals surface area contributed by atoms with E-state index in [1.807, 2.05) is 6.92 Å². The first-order valence-corrected chi connectivity index (χ1v) is 7.47. The first-order valence-electron chi connectivity index (χ1n) is 7.47. The molecule has 1 aromatic heterocycles. The molecule has 2 rings (SSSR count). The standard InChI is InChI=1S/C15H24N4O2/c1-5-16-13-7-6-12(19(20)21)14(17-13)18-9-8-11(10-18)15(2,3)4/h6-7,11H,5,8-10H2,1-4H3,(H,16,17). The third-order valence-electron chi connectivity index (χ3n) is 4.12. The van der Waals surface area contributed by atoms with Gasteiger partial charge in [-0.15, -0.1) is 0 Å². The molecule has 116 valence electrons. The van der Waals surface area contributed by atoms with E-state index in [0.29, 0.717) is 17.6 Å². The zero-order valence-corrected chi connectivity index (χ0v) is 13.2. The molecule has 6 heteroatoms. The molecular formula is C15H24N4O2. The lowest BCUT2D eigenvalue weighted by Gasteiger charge is -2.27. The van der Waals surface area contributed by atoms with E-state index in [-0.39, 0.29) is 16.0 Å². The summed E-state index contributed by atoms with van der Waals surface area (Å²) in [6, 6.07) is 3.22. The first kappa shape index (κ1) is 15.5. The summed E-state index contributed by atoms with van der Waals surface area (Å²) >= 11 is 0. The molecule has 6 nitrogen and oxygen atoms in total. The Kier molecular flexibility index (Phi) is 4.34. The lowest BCUT2D eigenvalue weighted by Crippen LogP contribution is -2.27. The molecule has 21 heavy (non-hydrogen) atoms. The summed E-state index contributed by atoms with van der Waals surface area (Å²) in [7, 11) is 0. The lowest BCUT2D eigenvalue weighted by atomic mass is 9.80. The van der Waals surface area contributed by atoms with Crippen LogP contribution in [0.15, 0.2) is 12.1 Å². The van der Waals surface area contributed by atoms with Crippen LogP contribution in [0.5, 0.6) is 0 Å². The molecule has 0 amide bonds. The Morgan fingerprint density at radius 3 is 2.71 bits per heavy atom. The van der Waals surface area contributed by atoms with Gasteiger partial charge in [0.15, 0.2) is 0 Å². The lowest BCUT2D eigenvalue weighted by molar-refractivity contribution is -0.384. The van der Waals surface area contributed by atoms with Crippen molar-refractivity contribution in [3.8, 4) is 0 Å². The van der Waals surface area contributed by atoms with Crippen molar-refractivity contribution in [1.82, 2.24) is 4.98 Å². The summed E-state index contributed by atoms with van der Waals surface area (Å²) in [6.07, 6.45) is 1.05. The van der Waals surface area contributed by atoms with Crippen LogP contribution in [0.1, 0.15) is 34.1 Å². The molecule has 1 fully saturated rings. The molecule has 1 N–H and O–H groups in total. The Bertz CT molecular complexity index is 525. The third-order valence-corrected chi connectivity index (χ3v) is 4.12. The van der Waals surface area contributed by atoms with Gasteiger partial charge in [-0.05, 0) is 30.7 Å². The minimum absolute atomic E-state index is 0.0891. The topological polar surface area (TPSA) is 71.3 Å². The molecule has 0 aliphatic carbocycles. The predicted octanol–water partition coefficient (Wildman–Crippen LogP) is 3.29. The second-order valence-electron chi connectivity index (χ2n) is 6.62. The monoisotopic (exact) mass is 292 g/mol. The summed E-state index contributed by atoms with van der Waals surface area (Å²) in [5.41, 5.74) is 0.300. The maximum atomic E-state index is 11.2. The van der Waals surface area contributed by atoms with Crippen LogP contribution in [0.4, 0.5) is 17.3 Å². The van der Waals surface area contributed by atoms with E-state index < -0.39 is 0 Å². The number of pyridine rings is 1. The van der Waals surface area contributed by atoms with Gasteiger partial charge in [-0.2, -0.15) is 0 Å². The summed E-state index contributed by atoms with van der Waals surface area (Å²) in [4.78, 5) is 17.4. The number of aromatic nitrogens is 1. The second-order valence-corrected chi connectivity index (χ2v) is 6.62. The average Bonchev–Trinajstić information content (AvgIpc) is 2.88. The van der Waals surface area contributed by atoms with E-state index in [0.717, 1.165) is 26.1 Å². The van der Waals surface area contributed by atoms with E-state index in [9.17, 15) is 10.1 Å². The van der Waals surface area contributed by atoms with Crippen molar-refractivity contribution in [2.24, 2.45) is 11.3 Å². The SMILES string of the molecule is CCNc1ccc([N+](=O)[O-])c(N2CCC(C(C)(C)C)C2)n1. The second kappa shape index (κ2) is 5.87. The average molecular weight is 292 g/mol. The van der Waals surface area contributed by atoms with Gasteiger partial charge in [0.05, 0.1) is 4.92 Å². The first-order chi connectivity index (χ1) is 9.82. The molecule has 1 aliphatic rings. The van der Waals surface area contributed by atoms with Crippen molar-refractivity contribution in [2.45, 2.75) is 34.1 Å². The smallest absolute Gasteiger partial charge is 0.311 e. The van der Waals surface area contributed by atoms with Gasteiger partial charge in [0, 0.05) is 25.7 Å². The van der Waals surface area contributed by atoms with E-state index in [4.69, 9.17) is 0 Å². The highest BCUT2D eigenvalue weighted by Crippen LogP contribution is 2.38. The van der Waals surface area contributed by atoms with Crippen LogP contribution >= 0.6 is 0 Å². The molecule has 1 atom stereocenters. The zero-order valence-electron chi connectivity index (χ0n) is 13.2.